The maximum absolute atomic E-state index is 11.4. The molecule has 18 heavy (non-hydrogen) atoms. The van der Waals surface area contributed by atoms with Crippen molar-refractivity contribution in [3.05, 3.63) is 17.3 Å². The molecule has 0 bridgehead atoms. The molecule has 1 fully saturated rings. The monoisotopic (exact) mass is 248 g/mol. The van der Waals surface area contributed by atoms with Crippen molar-refractivity contribution in [3.8, 4) is 0 Å². The van der Waals surface area contributed by atoms with Crippen molar-refractivity contribution < 1.29 is 4.79 Å². The van der Waals surface area contributed by atoms with Gasteiger partial charge in [0.15, 0.2) is 5.82 Å². The van der Waals surface area contributed by atoms with Crippen LogP contribution in [0.2, 0.25) is 0 Å². The molecule has 1 aliphatic rings. The van der Waals surface area contributed by atoms with Gasteiger partial charge in [-0.1, -0.05) is 0 Å². The number of carbonyl (C=O) groups excluding carboxylic acids is 1. The van der Waals surface area contributed by atoms with Crippen molar-refractivity contribution in [1.82, 2.24) is 15.5 Å². The van der Waals surface area contributed by atoms with E-state index >= 15 is 0 Å². The number of anilines is 1. The maximum Gasteiger partial charge on any atom is 0.220 e. The van der Waals surface area contributed by atoms with E-state index in [-0.39, 0.29) is 5.91 Å². The van der Waals surface area contributed by atoms with Crippen molar-refractivity contribution in [2.24, 2.45) is 5.92 Å². The van der Waals surface area contributed by atoms with Gasteiger partial charge < -0.3 is 10.2 Å². The van der Waals surface area contributed by atoms with Crippen LogP contribution in [0.25, 0.3) is 0 Å². The van der Waals surface area contributed by atoms with Crippen molar-refractivity contribution in [3.63, 3.8) is 0 Å². The van der Waals surface area contributed by atoms with Gasteiger partial charge in [-0.05, 0) is 37.3 Å². The Labute approximate surface area is 108 Å². The van der Waals surface area contributed by atoms with Gasteiger partial charge in [0, 0.05) is 26.6 Å². The van der Waals surface area contributed by atoms with Crippen LogP contribution in [0.5, 0.6) is 0 Å². The highest BCUT2D eigenvalue weighted by Gasteiger charge is 2.26. The molecule has 98 valence electrons. The third-order valence-electron chi connectivity index (χ3n) is 3.67. The van der Waals surface area contributed by atoms with Crippen LogP contribution in [0.1, 0.15) is 24.0 Å². The first-order chi connectivity index (χ1) is 8.61. The summed E-state index contributed by atoms with van der Waals surface area (Å²) in [6.45, 7) is 5.98. The second kappa shape index (κ2) is 5.33. The lowest BCUT2D eigenvalue weighted by Gasteiger charge is -2.19. The molecule has 5 nitrogen and oxygen atoms in total. The number of rotatable bonds is 3. The third kappa shape index (κ3) is 2.60. The van der Waals surface area contributed by atoms with Crippen molar-refractivity contribution in [1.29, 1.82) is 0 Å². The van der Waals surface area contributed by atoms with Crippen LogP contribution in [-0.4, -0.2) is 36.2 Å². The van der Waals surface area contributed by atoms with Gasteiger partial charge >= 0.3 is 0 Å². The van der Waals surface area contributed by atoms with Crippen LogP contribution in [0.3, 0.4) is 0 Å². The summed E-state index contributed by atoms with van der Waals surface area (Å²) in [4.78, 5) is 13.6. The van der Waals surface area contributed by atoms with Crippen LogP contribution < -0.4 is 10.2 Å². The fourth-order valence-corrected chi connectivity index (χ4v) is 2.37. The Morgan fingerprint density at radius 3 is 3.06 bits per heavy atom. The SMILES string of the molecule is CNC(=O)CC1CCN(c2nncc(C)c2C)C1. The van der Waals surface area contributed by atoms with Crippen molar-refractivity contribution in [2.75, 3.05) is 25.0 Å². The number of aryl methyl sites for hydroxylation is 1. The fourth-order valence-electron chi connectivity index (χ4n) is 2.37. The predicted molar refractivity (Wildman–Crippen MR) is 70.5 cm³/mol. The number of carbonyl (C=O) groups is 1. The smallest absolute Gasteiger partial charge is 0.220 e. The molecule has 2 rings (SSSR count). The Kier molecular flexibility index (Phi) is 3.79. The molecular weight excluding hydrogens is 228 g/mol. The Morgan fingerprint density at radius 2 is 2.33 bits per heavy atom. The van der Waals surface area contributed by atoms with Crippen LogP contribution in [-0.2, 0) is 4.79 Å². The minimum Gasteiger partial charge on any atom is -0.359 e. The van der Waals surface area contributed by atoms with Gasteiger partial charge in [0.1, 0.15) is 0 Å². The Bertz CT molecular complexity index is 447. The van der Waals surface area contributed by atoms with E-state index < -0.39 is 0 Å². The summed E-state index contributed by atoms with van der Waals surface area (Å²) >= 11 is 0. The van der Waals surface area contributed by atoms with Crippen molar-refractivity contribution >= 4 is 11.7 Å². The van der Waals surface area contributed by atoms with E-state index in [1.54, 1.807) is 13.2 Å². The summed E-state index contributed by atoms with van der Waals surface area (Å²) in [5.74, 6) is 1.51. The molecule has 0 aromatic carbocycles. The average molecular weight is 248 g/mol. The zero-order chi connectivity index (χ0) is 13.1. The van der Waals surface area contributed by atoms with Gasteiger partial charge in [-0.2, -0.15) is 5.10 Å². The summed E-state index contributed by atoms with van der Waals surface area (Å²) in [5, 5.41) is 10.9. The lowest BCUT2D eigenvalue weighted by atomic mass is 10.0. The largest absolute Gasteiger partial charge is 0.359 e. The molecule has 2 heterocycles. The molecule has 0 aliphatic carbocycles. The Morgan fingerprint density at radius 1 is 1.56 bits per heavy atom. The van der Waals surface area contributed by atoms with E-state index in [1.807, 2.05) is 6.92 Å². The zero-order valence-corrected chi connectivity index (χ0v) is 11.2. The van der Waals surface area contributed by atoms with E-state index in [0.29, 0.717) is 12.3 Å². The predicted octanol–water partition coefficient (Wildman–Crippen LogP) is 1.06. The van der Waals surface area contributed by atoms with Crippen LogP contribution >= 0.6 is 0 Å². The number of aromatic nitrogens is 2. The van der Waals surface area contributed by atoms with Gasteiger partial charge in [0.2, 0.25) is 5.91 Å². The van der Waals surface area contributed by atoms with Crippen molar-refractivity contribution in [2.45, 2.75) is 26.7 Å². The van der Waals surface area contributed by atoms with E-state index in [4.69, 9.17) is 0 Å². The lowest BCUT2D eigenvalue weighted by molar-refractivity contribution is -0.121. The second-order valence-corrected chi connectivity index (χ2v) is 4.95. The number of hydrogen-bond donors (Lipinski definition) is 1. The Balaban J connectivity index is 2.04. The second-order valence-electron chi connectivity index (χ2n) is 4.95. The van der Waals surface area contributed by atoms with Gasteiger partial charge in [-0.15, -0.1) is 5.10 Å². The fraction of sp³-hybridized carbons (Fsp3) is 0.615. The molecule has 1 aromatic heterocycles. The summed E-state index contributed by atoms with van der Waals surface area (Å²) in [6, 6.07) is 0. The number of nitrogens with zero attached hydrogens (tertiary/aromatic N) is 3. The normalized spacial score (nSPS) is 19.1. The molecule has 0 radical (unpaired) electrons. The molecule has 1 amide bonds. The van der Waals surface area contributed by atoms with Gasteiger partial charge in [0.25, 0.3) is 0 Å². The number of amides is 1. The van der Waals surface area contributed by atoms with E-state index in [0.717, 1.165) is 30.9 Å². The third-order valence-corrected chi connectivity index (χ3v) is 3.67. The van der Waals surface area contributed by atoms with E-state index in [2.05, 4.69) is 27.3 Å². The Hall–Kier alpha value is -1.65. The molecule has 1 aliphatic heterocycles. The highest BCUT2D eigenvalue weighted by Crippen LogP contribution is 2.27. The minimum atomic E-state index is 0.119. The first-order valence-electron chi connectivity index (χ1n) is 6.36. The molecule has 0 spiro atoms. The van der Waals surface area contributed by atoms with Crippen LogP contribution in [0.15, 0.2) is 6.20 Å². The molecular formula is C13H20N4O. The summed E-state index contributed by atoms with van der Waals surface area (Å²) in [5.41, 5.74) is 2.35. The molecule has 1 N–H and O–H groups in total. The lowest BCUT2D eigenvalue weighted by Crippen LogP contribution is -2.25. The average Bonchev–Trinajstić information content (AvgIpc) is 2.80. The number of nitrogens with one attached hydrogen (secondary N) is 1. The quantitative estimate of drug-likeness (QED) is 0.869. The molecule has 1 aromatic rings. The maximum atomic E-state index is 11.4. The summed E-state index contributed by atoms with van der Waals surface area (Å²) in [6.07, 6.45) is 3.44. The van der Waals surface area contributed by atoms with Crippen LogP contribution in [0.4, 0.5) is 5.82 Å². The summed E-state index contributed by atoms with van der Waals surface area (Å²) in [7, 11) is 1.69. The molecule has 5 heteroatoms. The molecule has 1 atom stereocenters. The standard InChI is InChI=1S/C13H20N4O/c1-9-7-15-16-13(10(9)2)17-5-4-11(8-17)6-12(18)14-3/h7,11H,4-6,8H2,1-3H3,(H,14,18). The van der Waals surface area contributed by atoms with Gasteiger partial charge in [-0.3, -0.25) is 4.79 Å². The first-order valence-corrected chi connectivity index (χ1v) is 6.36. The zero-order valence-electron chi connectivity index (χ0n) is 11.2. The highest BCUT2D eigenvalue weighted by molar-refractivity contribution is 5.76. The summed E-state index contributed by atoms with van der Waals surface area (Å²) < 4.78 is 0. The minimum absolute atomic E-state index is 0.119. The van der Waals surface area contributed by atoms with E-state index in [9.17, 15) is 4.79 Å². The van der Waals surface area contributed by atoms with Gasteiger partial charge in [-0.25, -0.2) is 0 Å². The first kappa shape index (κ1) is 12.8. The van der Waals surface area contributed by atoms with Crippen LogP contribution in [0, 0.1) is 19.8 Å². The van der Waals surface area contributed by atoms with E-state index in [1.165, 1.54) is 5.56 Å². The molecule has 1 unspecified atom stereocenters. The number of hydrogen-bond acceptors (Lipinski definition) is 4. The highest BCUT2D eigenvalue weighted by atomic mass is 16.1. The molecule has 0 saturated carbocycles. The molecule has 1 saturated heterocycles. The topological polar surface area (TPSA) is 58.1 Å². The van der Waals surface area contributed by atoms with Gasteiger partial charge in [0.05, 0.1) is 6.20 Å².